The Morgan fingerprint density at radius 2 is 1.95 bits per heavy atom. The molecule has 0 saturated heterocycles. The summed E-state index contributed by atoms with van der Waals surface area (Å²) in [7, 11) is 0. The van der Waals surface area contributed by atoms with Crippen molar-refractivity contribution in [2.24, 2.45) is 0 Å². The fourth-order valence-corrected chi connectivity index (χ4v) is 3.02. The third-order valence-corrected chi connectivity index (χ3v) is 4.12. The van der Waals surface area contributed by atoms with E-state index in [4.69, 9.17) is 0 Å². The Morgan fingerprint density at radius 3 is 2.76 bits per heavy atom. The molecule has 21 heavy (non-hydrogen) atoms. The number of rotatable bonds is 2. The number of fused-ring (bicyclic) bond motifs is 1. The first-order valence-electron chi connectivity index (χ1n) is 6.51. The van der Waals surface area contributed by atoms with Gasteiger partial charge < -0.3 is 0 Å². The minimum atomic E-state index is 0.716. The molecule has 0 atom stereocenters. The molecule has 0 aliphatic carbocycles. The maximum atomic E-state index is 4.64. The van der Waals surface area contributed by atoms with Gasteiger partial charge in [-0.05, 0) is 25.1 Å². The normalized spacial score (nSPS) is 11.1. The van der Waals surface area contributed by atoms with E-state index in [1.165, 1.54) is 16.9 Å². The lowest BCUT2D eigenvalue weighted by molar-refractivity contribution is 0.968. The number of aromatic nitrogens is 5. The van der Waals surface area contributed by atoms with Crippen LogP contribution in [0.5, 0.6) is 0 Å². The molecule has 5 nitrogen and oxygen atoms in total. The van der Waals surface area contributed by atoms with Gasteiger partial charge in [-0.15, -0.1) is 10.2 Å². The first-order chi connectivity index (χ1) is 10.3. The van der Waals surface area contributed by atoms with Gasteiger partial charge in [-0.3, -0.25) is 4.98 Å². The summed E-state index contributed by atoms with van der Waals surface area (Å²) < 4.78 is 1.78. The molecule has 0 amide bonds. The minimum Gasteiger partial charge on any atom is -0.264 e. The van der Waals surface area contributed by atoms with Crippen molar-refractivity contribution in [2.75, 3.05) is 0 Å². The van der Waals surface area contributed by atoms with Crippen LogP contribution < -0.4 is 0 Å². The summed E-state index contributed by atoms with van der Waals surface area (Å²) in [5, 5.41) is 14.0. The maximum Gasteiger partial charge on any atom is 0.235 e. The van der Waals surface area contributed by atoms with Crippen LogP contribution in [0.15, 0.2) is 48.8 Å². The molecular formula is C15H11N5S. The van der Waals surface area contributed by atoms with Gasteiger partial charge in [0, 0.05) is 23.5 Å². The zero-order valence-corrected chi connectivity index (χ0v) is 12.1. The van der Waals surface area contributed by atoms with Crippen LogP contribution in [-0.2, 0) is 0 Å². The second-order valence-electron chi connectivity index (χ2n) is 4.74. The Morgan fingerprint density at radius 1 is 1.05 bits per heavy atom. The van der Waals surface area contributed by atoms with E-state index < -0.39 is 0 Å². The van der Waals surface area contributed by atoms with Crippen molar-refractivity contribution in [1.82, 2.24) is 24.8 Å². The zero-order valence-electron chi connectivity index (χ0n) is 11.3. The van der Waals surface area contributed by atoms with E-state index in [0.29, 0.717) is 5.82 Å². The van der Waals surface area contributed by atoms with Crippen LogP contribution >= 0.6 is 11.3 Å². The molecule has 0 bridgehead atoms. The average Bonchev–Trinajstić information content (AvgIpc) is 3.08. The predicted molar refractivity (Wildman–Crippen MR) is 82.1 cm³/mol. The Bertz CT molecular complexity index is 910. The average molecular weight is 293 g/mol. The van der Waals surface area contributed by atoms with Gasteiger partial charge in [-0.2, -0.15) is 9.61 Å². The number of nitrogens with zero attached hydrogens (tertiary/aromatic N) is 5. The lowest BCUT2D eigenvalue weighted by atomic mass is 10.1. The topological polar surface area (TPSA) is 56.0 Å². The molecule has 4 rings (SSSR count). The van der Waals surface area contributed by atoms with Crippen molar-refractivity contribution < 1.29 is 0 Å². The van der Waals surface area contributed by atoms with Crippen LogP contribution in [0.25, 0.3) is 26.9 Å². The van der Waals surface area contributed by atoms with E-state index >= 15 is 0 Å². The zero-order chi connectivity index (χ0) is 14.2. The second-order valence-corrected chi connectivity index (χ2v) is 5.69. The van der Waals surface area contributed by atoms with Crippen LogP contribution in [0.1, 0.15) is 5.56 Å². The second kappa shape index (κ2) is 4.75. The maximum absolute atomic E-state index is 4.64. The molecule has 3 aromatic heterocycles. The van der Waals surface area contributed by atoms with E-state index in [-0.39, 0.29) is 0 Å². The lowest BCUT2D eigenvalue weighted by Crippen LogP contribution is -1.91. The molecule has 6 heteroatoms. The Hall–Kier alpha value is -2.60. The van der Waals surface area contributed by atoms with Crippen molar-refractivity contribution in [2.45, 2.75) is 6.92 Å². The molecule has 3 heterocycles. The number of hydrogen-bond acceptors (Lipinski definition) is 5. The molecule has 4 aromatic rings. The summed E-state index contributed by atoms with van der Waals surface area (Å²) in [5.41, 5.74) is 3.22. The molecule has 0 aliphatic heterocycles. The molecular weight excluding hydrogens is 282 g/mol. The third kappa shape index (κ3) is 2.09. The summed E-state index contributed by atoms with van der Waals surface area (Å²) in [6.45, 7) is 2.07. The van der Waals surface area contributed by atoms with Gasteiger partial charge in [-0.1, -0.05) is 35.1 Å². The summed E-state index contributed by atoms with van der Waals surface area (Å²) in [4.78, 5) is 4.90. The van der Waals surface area contributed by atoms with Gasteiger partial charge in [0.25, 0.3) is 0 Å². The highest BCUT2D eigenvalue weighted by molar-refractivity contribution is 7.19. The van der Waals surface area contributed by atoms with Crippen molar-refractivity contribution in [1.29, 1.82) is 0 Å². The van der Waals surface area contributed by atoms with Gasteiger partial charge in [0.05, 0.1) is 0 Å². The van der Waals surface area contributed by atoms with Gasteiger partial charge >= 0.3 is 0 Å². The first kappa shape index (κ1) is 12.2. The fourth-order valence-electron chi connectivity index (χ4n) is 2.19. The van der Waals surface area contributed by atoms with Crippen LogP contribution in [0.4, 0.5) is 0 Å². The molecule has 0 spiro atoms. The smallest absolute Gasteiger partial charge is 0.235 e. The Balaban J connectivity index is 1.87. The summed E-state index contributed by atoms with van der Waals surface area (Å²) in [6.07, 6.45) is 3.50. The molecule has 0 radical (unpaired) electrons. The van der Waals surface area contributed by atoms with Gasteiger partial charge in [0.1, 0.15) is 5.01 Å². The number of aryl methyl sites for hydroxylation is 1. The van der Waals surface area contributed by atoms with Crippen LogP contribution in [0.2, 0.25) is 0 Å². The minimum absolute atomic E-state index is 0.716. The van der Waals surface area contributed by atoms with E-state index in [1.54, 1.807) is 16.9 Å². The number of benzene rings is 1. The van der Waals surface area contributed by atoms with E-state index in [2.05, 4.69) is 45.4 Å². The van der Waals surface area contributed by atoms with Crippen LogP contribution in [-0.4, -0.2) is 24.8 Å². The Labute approximate surface area is 124 Å². The van der Waals surface area contributed by atoms with Crippen LogP contribution in [0.3, 0.4) is 0 Å². The van der Waals surface area contributed by atoms with E-state index in [9.17, 15) is 0 Å². The van der Waals surface area contributed by atoms with Crippen molar-refractivity contribution in [3.05, 3.63) is 54.4 Å². The van der Waals surface area contributed by atoms with Crippen molar-refractivity contribution >= 4 is 16.3 Å². The molecule has 102 valence electrons. The molecule has 0 aliphatic rings. The quantitative estimate of drug-likeness (QED) is 0.569. The van der Waals surface area contributed by atoms with E-state index in [1.807, 2.05) is 18.2 Å². The van der Waals surface area contributed by atoms with Crippen molar-refractivity contribution in [3.8, 4) is 22.0 Å². The Kier molecular flexibility index (Phi) is 2.75. The third-order valence-electron chi connectivity index (χ3n) is 3.18. The summed E-state index contributed by atoms with van der Waals surface area (Å²) in [6, 6.07) is 12.1. The SMILES string of the molecule is Cc1cccc(-c2nn3c(-c4cccnc4)nnc3s2)c1. The van der Waals surface area contributed by atoms with E-state index in [0.717, 1.165) is 21.1 Å². The summed E-state index contributed by atoms with van der Waals surface area (Å²) >= 11 is 1.53. The predicted octanol–water partition coefficient (Wildman–Crippen LogP) is 3.22. The highest BCUT2D eigenvalue weighted by Crippen LogP contribution is 2.28. The standard InChI is InChI=1S/C15H11N5S/c1-10-4-2-5-11(8-10)14-19-20-13(17-18-15(20)21-14)12-6-3-7-16-9-12/h2-9H,1H3. The van der Waals surface area contributed by atoms with Gasteiger partial charge in [-0.25, -0.2) is 0 Å². The van der Waals surface area contributed by atoms with Crippen molar-refractivity contribution in [3.63, 3.8) is 0 Å². The monoisotopic (exact) mass is 293 g/mol. The first-order valence-corrected chi connectivity index (χ1v) is 7.32. The largest absolute Gasteiger partial charge is 0.264 e. The fraction of sp³-hybridized carbons (Fsp3) is 0.0667. The highest BCUT2D eigenvalue weighted by atomic mass is 32.1. The van der Waals surface area contributed by atoms with Gasteiger partial charge in [0.15, 0.2) is 5.82 Å². The van der Waals surface area contributed by atoms with Crippen LogP contribution in [0, 0.1) is 6.92 Å². The molecule has 1 aromatic carbocycles. The molecule has 0 N–H and O–H groups in total. The highest BCUT2D eigenvalue weighted by Gasteiger charge is 2.14. The molecule has 0 unspecified atom stereocenters. The summed E-state index contributed by atoms with van der Waals surface area (Å²) in [5.74, 6) is 0.716. The van der Waals surface area contributed by atoms with Gasteiger partial charge in [0.2, 0.25) is 4.96 Å². The molecule has 0 fully saturated rings. The number of pyridine rings is 1. The molecule has 0 saturated carbocycles. The number of hydrogen-bond donors (Lipinski definition) is 0. The lowest BCUT2D eigenvalue weighted by Gasteiger charge is -1.97.